The van der Waals surface area contributed by atoms with Crippen LogP contribution < -0.4 is 4.74 Å². The molecule has 1 aromatic carbocycles. The number of carbonyl (C=O) groups excluding carboxylic acids is 1. The highest BCUT2D eigenvalue weighted by Crippen LogP contribution is 2.35. The van der Waals surface area contributed by atoms with E-state index in [9.17, 15) is 4.79 Å². The van der Waals surface area contributed by atoms with E-state index in [-0.39, 0.29) is 5.92 Å². The lowest BCUT2D eigenvalue weighted by Crippen LogP contribution is -2.36. The summed E-state index contributed by atoms with van der Waals surface area (Å²) in [5.74, 6) is 1.77. The summed E-state index contributed by atoms with van der Waals surface area (Å²) in [6, 6.07) is 7.99. The van der Waals surface area contributed by atoms with E-state index in [1.54, 1.807) is 0 Å². The Labute approximate surface area is 139 Å². The van der Waals surface area contributed by atoms with Gasteiger partial charge < -0.3 is 14.5 Å². The average Bonchev–Trinajstić information content (AvgIpc) is 3.02. The molecule has 1 amide bonds. The Kier molecular flexibility index (Phi) is 5.21. The maximum atomic E-state index is 13.0. The van der Waals surface area contributed by atoms with Crippen molar-refractivity contribution in [3.8, 4) is 5.75 Å². The first kappa shape index (κ1) is 16.3. The number of ether oxygens (including phenoxy) is 1. The Bertz CT molecular complexity index is 546. The molecule has 0 unspecified atom stereocenters. The van der Waals surface area contributed by atoms with Crippen LogP contribution in [0.25, 0.3) is 0 Å². The van der Waals surface area contributed by atoms with Crippen LogP contribution in [-0.2, 0) is 4.79 Å². The Morgan fingerprint density at radius 2 is 2.17 bits per heavy atom. The molecule has 126 valence electrons. The fourth-order valence-corrected chi connectivity index (χ4v) is 3.91. The fourth-order valence-electron chi connectivity index (χ4n) is 3.91. The van der Waals surface area contributed by atoms with Gasteiger partial charge in [-0.3, -0.25) is 4.79 Å². The van der Waals surface area contributed by atoms with Crippen LogP contribution in [0, 0.1) is 5.92 Å². The van der Waals surface area contributed by atoms with Crippen molar-refractivity contribution in [1.29, 1.82) is 0 Å². The molecule has 0 radical (unpaired) electrons. The quantitative estimate of drug-likeness (QED) is 0.837. The highest BCUT2D eigenvalue weighted by Gasteiger charge is 2.34. The molecular formula is C19H28N2O2. The van der Waals surface area contributed by atoms with Crippen LogP contribution in [-0.4, -0.2) is 55.5 Å². The van der Waals surface area contributed by atoms with Gasteiger partial charge in [0.1, 0.15) is 5.75 Å². The number of hydrogen-bond acceptors (Lipinski definition) is 3. The summed E-state index contributed by atoms with van der Waals surface area (Å²) in [7, 11) is 2.18. The molecule has 0 saturated carbocycles. The predicted molar refractivity (Wildman–Crippen MR) is 91.8 cm³/mol. The molecule has 23 heavy (non-hydrogen) atoms. The van der Waals surface area contributed by atoms with Gasteiger partial charge in [0, 0.05) is 25.2 Å². The first-order chi connectivity index (χ1) is 11.2. The zero-order valence-electron chi connectivity index (χ0n) is 14.3. The minimum Gasteiger partial charge on any atom is -0.493 e. The van der Waals surface area contributed by atoms with Crippen LogP contribution in [0.3, 0.4) is 0 Å². The first-order valence-electron chi connectivity index (χ1n) is 8.88. The van der Waals surface area contributed by atoms with Gasteiger partial charge in [-0.1, -0.05) is 25.1 Å². The summed E-state index contributed by atoms with van der Waals surface area (Å²) in [4.78, 5) is 17.4. The number of likely N-dealkylation sites (tertiary alicyclic amines) is 1. The van der Waals surface area contributed by atoms with E-state index in [4.69, 9.17) is 4.74 Å². The van der Waals surface area contributed by atoms with Crippen molar-refractivity contribution in [3.63, 3.8) is 0 Å². The molecule has 1 saturated heterocycles. The molecule has 0 bridgehead atoms. The zero-order valence-corrected chi connectivity index (χ0v) is 14.3. The molecule has 0 N–H and O–H groups in total. The van der Waals surface area contributed by atoms with E-state index in [1.807, 2.05) is 24.3 Å². The third-order valence-electron chi connectivity index (χ3n) is 5.03. The minimum absolute atomic E-state index is 0.0212. The predicted octanol–water partition coefficient (Wildman–Crippen LogP) is 2.74. The molecule has 0 spiro atoms. The van der Waals surface area contributed by atoms with E-state index in [2.05, 4.69) is 23.8 Å². The van der Waals surface area contributed by atoms with Crippen LogP contribution in [0.2, 0.25) is 0 Å². The summed E-state index contributed by atoms with van der Waals surface area (Å²) in [5.41, 5.74) is 1.07. The lowest BCUT2D eigenvalue weighted by molar-refractivity contribution is -0.132. The van der Waals surface area contributed by atoms with Crippen molar-refractivity contribution in [2.45, 2.75) is 32.1 Å². The number of benzene rings is 1. The molecule has 1 aromatic rings. The molecule has 3 rings (SSSR count). The minimum atomic E-state index is -0.0212. The third kappa shape index (κ3) is 3.69. The molecule has 0 aromatic heterocycles. The number of para-hydroxylation sites is 1. The van der Waals surface area contributed by atoms with Gasteiger partial charge in [-0.25, -0.2) is 0 Å². The second-order valence-electron chi connectivity index (χ2n) is 6.93. The zero-order chi connectivity index (χ0) is 16.2. The number of nitrogens with zero attached hydrogens (tertiary/aromatic N) is 2. The molecule has 4 nitrogen and oxygen atoms in total. The lowest BCUT2D eigenvalue weighted by atomic mass is 9.92. The van der Waals surface area contributed by atoms with Crippen molar-refractivity contribution in [2.24, 2.45) is 5.92 Å². The Morgan fingerprint density at radius 1 is 1.35 bits per heavy atom. The molecule has 2 aliphatic rings. The Balaban J connectivity index is 1.62. The van der Waals surface area contributed by atoms with Crippen LogP contribution in [0.5, 0.6) is 5.75 Å². The van der Waals surface area contributed by atoms with Crippen molar-refractivity contribution in [3.05, 3.63) is 29.8 Å². The van der Waals surface area contributed by atoms with Gasteiger partial charge in [0.15, 0.2) is 0 Å². The summed E-state index contributed by atoms with van der Waals surface area (Å²) < 4.78 is 5.69. The molecule has 4 heteroatoms. The second-order valence-corrected chi connectivity index (χ2v) is 6.93. The van der Waals surface area contributed by atoms with Gasteiger partial charge in [-0.05, 0) is 44.8 Å². The smallest absolute Gasteiger partial charge is 0.230 e. The SMILES string of the molecule is CCCN(C)C[C@H]1CCN(C(=O)[C@@H]2CCOc3ccccc32)C1. The normalized spacial score (nSPS) is 23.7. The van der Waals surface area contributed by atoms with Gasteiger partial charge in [0.2, 0.25) is 5.91 Å². The monoisotopic (exact) mass is 316 g/mol. The van der Waals surface area contributed by atoms with Crippen LogP contribution in [0.1, 0.15) is 37.7 Å². The standard InChI is InChI=1S/C19H28N2O2/c1-3-10-20(2)13-15-8-11-21(14-15)19(22)17-9-12-23-18-7-5-4-6-16(17)18/h4-7,15,17H,3,8-14H2,1-2H3/t15-,17-/m1/s1. The summed E-state index contributed by atoms with van der Waals surface area (Å²) in [6.07, 6.45) is 3.11. The van der Waals surface area contributed by atoms with E-state index in [0.29, 0.717) is 18.4 Å². The van der Waals surface area contributed by atoms with E-state index >= 15 is 0 Å². The summed E-state index contributed by atoms with van der Waals surface area (Å²) in [5, 5.41) is 0. The van der Waals surface area contributed by atoms with E-state index < -0.39 is 0 Å². The van der Waals surface area contributed by atoms with Gasteiger partial charge in [-0.15, -0.1) is 0 Å². The maximum absolute atomic E-state index is 13.0. The largest absolute Gasteiger partial charge is 0.493 e. The number of carbonyl (C=O) groups is 1. The number of rotatable bonds is 5. The average molecular weight is 316 g/mol. The Morgan fingerprint density at radius 3 is 3.00 bits per heavy atom. The van der Waals surface area contributed by atoms with Gasteiger partial charge >= 0.3 is 0 Å². The van der Waals surface area contributed by atoms with Crippen molar-refractivity contribution in [2.75, 3.05) is 39.8 Å². The summed E-state index contributed by atoms with van der Waals surface area (Å²) in [6.45, 7) is 6.91. The highest BCUT2D eigenvalue weighted by molar-refractivity contribution is 5.85. The molecule has 2 atom stereocenters. The van der Waals surface area contributed by atoms with E-state index in [1.165, 1.54) is 6.42 Å². The first-order valence-corrected chi connectivity index (χ1v) is 8.88. The molecule has 2 aliphatic heterocycles. The summed E-state index contributed by atoms with van der Waals surface area (Å²) >= 11 is 0. The second kappa shape index (κ2) is 7.35. The topological polar surface area (TPSA) is 32.8 Å². The molecule has 1 fully saturated rings. The third-order valence-corrected chi connectivity index (χ3v) is 5.03. The van der Waals surface area contributed by atoms with Crippen LogP contribution in [0.4, 0.5) is 0 Å². The van der Waals surface area contributed by atoms with Crippen LogP contribution >= 0.6 is 0 Å². The van der Waals surface area contributed by atoms with E-state index in [0.717, 1.165) is 50.3 Å². The molecule has 0 aliphatic carbocycles. The highest BCUT2D eigenvalue weighted by atomic mass is 16.5. The number of fused-ring (bicyclic) bond motifs is 1. The van der Waals surface area contributed by atoms with Crippen molar-refractivity contribution in [1.82, 2.24) is 9.80 Å². The maximum Gasteiger partial charge on any atom is 0.230 e. The van der Waals surface area contributed by atoms with Gasteiger partial charge in [0.05, 0.1) is 12.5 Å². The van der Waals surface area contributed by atoms with Crippen molar-refractivity contribution < 1.29 is 9.53 Å². The molecule has 2 heterocycles. The number of amides is 1. The van der Waals surface area contributed by atoms with Gasteiger partial charge in [-0.2, -0.15) is 0 Å². The Hall–Kier alpha value is -1.55. The van der Waals surface area contributed by atoms with Gasteiger partial charge in [0.25, 0.3) is 0 Å². The number of hydrogen-bond donors (Lipinski definition) is 0. The van der Waals surface area contributed by atoms with Crippen LogP contribution in [0.15, 0.2) is 24.3 Å². The van der Waals surface area contributed by atoms with Crippen molar-refractivity contribution >= 4 is 5.91 Å². The molecular weight excluding hydrogens is 288 g/mol. The lowest BCUT2D eigenvalue weighted by Gasteiger charge is -2.29. The fraction of sp³-hybridized carbons (Fsp3) is 0.632.